The molecule has 0 spiro atoms. The largest absolute Gasteiger partial charge is 0.316 e. The highest BCUT2D eigenvalue weighted by Crippen LogP contribution is 2.17. The Morgan fingerprint density at radius 2 is 2.00 bits per heavy atom. The zero-order valence-corrected chi connectivity index (χ0v) is 8.18. The summed E-state index contributed by atoms with van der Waals surface area (Å²) in [5, 5.41) is 3.50. The van der Waals surface area contributed by atoms with E-state index in [-0.39, 0.29) is 6.17 Å². The third kappa shape index (κ3) is 3.55. The van der Waals surface area contributed by atoms with Gasteiger partial charge in [-0.15, -0.1) is 0 Å². The van der Waals surface area contributed by atoms with Crippen molar-refractivity contribution < 1.29 is 0 Å². The van der Waals surface area contributed by atoms with E-state index < -0.39 is 0 Å². The lowest BCUT2D eigenvalue weighted by atomic mass is 9.95. The molecule has 0 aromatic heterocycles. The molecule has 2 heteroatoms. The molecule has 0 aliphatic heterocycles. The van der Waals surface area contributed by atoms with Gasteiger partial charge in [0.1, 0.15) is 0 Å². The zero-order chi connectivity index (χ0) is 8.81. The third-order valence-corrected chi connectivity index (χ3v) is 2.65. The molecule has 0 aromatic rings. The Balaban J connectivity index is 2.11. The lowest BCUT2D eigenvalue weighted by Gasteiger charge is -2.26. The van der Waals surface area contributed by atoms with Crippen molar-refractivity contribution >= 4 is 0 Å². The second-order valence-corrected chi connectivity index (χ2v) is 3.90. The Morgan fingerprint density at radius 1 is 1.33 bits per heavy atom. The number of nitrogens with two attached hydrogens (primary N) is 1. The van der Waals surface area contributed by atoms with Crippen LogP contribution in [-0.2, 0) is 0 Å². The van der Waals surface area contributed by atoms with Crippen molar-refractivity contribution in [1.82, 2.24) is 5.32 Å². The molecule has 0 saturated heterocycles. The molecule has 1 atom stereocenters. The average Bonchev–Trinajstić information content (AvgIpc) is 2.06. The Hall–Kier alpha value is -0.0800. The SMILES string of the molecule is CCCC(N)NC1CCCCC1. The highest BCUT2D eigenvalue weighted by molar-refractivity contribution is 4.74. The molecule has 1 unspecified atom stereocenters. The number of nitrogens with one attached hydrogen (secondary N) is 1. The molecule has 0 radical (unpaired) electrons. The van der Waals surface area contributed by atoms with Crippen LogP contribution in [0.15, 0.2) is 0 Å². The van der Waals surface area contributed by atoms with E-state index in [1.807, 2.05) is 0 Å². The maximum Gasteiger partial charge on any atom is 0.0548 e. The van der Waals surface area contributed by atoms with E-state index >= 15 is 0 Å². The Bertz CT molecular complexity index is 108. The lowest BCUT2D eigenvalue weighted by molar-refractivity contribution is 0.329. The molecule has 12 heavy (non-hydrogen) atoms. The quantitative estimate of drug-likeness (QED) is 0.633. The summed E-state index contributed by atoms with van der Waals surface area (Å²) in [5.41, 5.74) is 5.90. The normalized spacial score (nSPS) is 22.5. The molecule has 0 amide bonds. The van der Waals surface area contributed by atoms with Crippen LogP contribution in [0.25, 0.3) is 0 Å². The molecule has 1 rings (SSSR count). The second-order valence-electron chi connectivity index (χ2n) is 3.90. The molecule has 1 aliphatic carbocycles. The maximum atomic E-state index is 5.90. The van der Waals surface area contributed by atoms with E-state index in [4.69, 9.17) is 5.73 Å². The second kappa shape index (κ2) is 5.55. The van der Waals surface area contributed by atoms with Crippen LogP contribution in [0.3, 0.4) is 0 Å². The van der Waals surface area contributed by atoms with Gasteiger partial charge in [-0.05, 0) is 19.3 Å². The van der Waals surface area contributed by atoms with Crippen molar-refractivity contribution in [3.8, 4) is 0 Å². The van der Waals surface area contributed by atoms with Gasteiger partial charge in [0.25, 0.3) is 0 Å². The van der Waals surface area contributed by atoms with Crippen molar-refractivity contribution in [2.45, 2.75) is 64.1 Å². The molecule has 1 saturated carbocycles. The molecular weight excluding hydrogens is 148 g/mol. The summed E-state index contributed by atoms with van der Waals surface area (Å²) in [6.07, 6.45) is 9.37. The summed E-state index contributed by atoms with van der Waals surface area (Å²) in [4.78, 5) is 0. The van der Waals surface area contributed by atoms with Crippen molar-refractivity contribution in [2.24, 2.45) is 5.73 Å². The lowest BCUT2D eigenvalue weighted by Crippen LogP contribution is -2.44. The molecule has 1 fully saturated rings. The fourth-order valence-electron chi connectivity index (χ4n) is 1.97. The average molecular weight is 170 g/mol. The first-order valence-corrected chi connectivity index (χ1v) is 5.34. The van der Waals surface area contributed by atoms with Gasteiger partial charge in [0.2, 0.25) is 0 Å². The van der Waals surface area contributed by atoms with E-state index in [2.05, 4.69) is 12.2 Å². The predicted octanol–water partition coefficient (Wildman–Crippen LogP) is 1.99. The van der Waals surface area contributed by atoms with Gasteiger partial charge in [-0.1, -0.05) is 32.6 Å². The first-order valence-electron chi connectivity index (χ1n) is 5.34. The van der Waals surface area contributed by atoms with Gasteiger partial charge >= 0.3 is 0 Å². The third-order valence-electron chi connectivity index (χ3n) is 2.65. The van der Waals surface area contributed by atoms with Gasteiger partial charge in [-0.2, -0.15) is 0 Å². The summed E-state index contributed by atoms with van der Waals surface area (Å²) in [5.74, 6) is 0. The van der Waals surface area contributed by atoms with Crippen molar-refractivity contribution in [2.75, 3.05) is 0 Å². The Labute approximate surface area is 75.9 Å². The summed E-state index contributed by atoms with van der Waals surface area (Å²) in [6, 6.07) is 0.709. The van der Waals surface area contributed by atoms with E-state index in [0.29, 0.717) is 6.04 Å². The number of hydrogen-bond donors (Lipinski definition) is 2. The van der Waals surface area contributed by atoms with Crippen LogP contribution in [0, 0.1) is 0 Å². The minimum Gasteiger partial charge on any atom is -0.316 e. The molecule has 3 N–H and O–H groups in total. The highest BCUT2D eigenvalue weighted by atomic mass is 15.0. The van der Waals surface area contributed by atoms with Crippen LogP contribution in [0.5, 0.6) is 0 Å². The monoisotopic (exact) mass is 170 g/mol. The van der Waals surface area contributed by atoms with Crippen LogP contribution < -0.4 is 11.1 Å². The highest BCUT2D eigenvalue weighted by Gasteiger charge is 2.14. The fourth-order valence-corrected chi connectivity index (χ4v) is 1.97. The van der Waals surface area contributed by atoms with Crippen LogP contribution in [0.4, 0.5) is 0 Å². The van der Waals surface area contributed by atoms with Crippen LogP contribution in [-0.4, -0.2) is 12.2 Å². The molecule has 1 aliphatic rings. The van der Waals surface area contributed by atoms with Gasteiger partial charge in [0, 0.05) is 6.04 Å². The first kappa shape index (κ1) is 10.0. The standard InChI is InChI=1S/C10H22N2/c1-2-6-10(11)12-9-7-4-3-5-8-9/h9-10,12H,2-8,11H2,1H3. The van der Waals surface area contributed by atoms with Crippen molar-refractivity contribution in [1.29, 1.82) is 0 Å². The molecule has 2 nitrogen and oxygen atoms in total. The Kier molecular flexibility index (Phi) is 4.62. The first-order chi connectivity index (χ1) is 5.83. The van der Waals surface area contributed by atoms with Gasteiger partial charge in [0.05, 0.1) is 6.17 Å². The summed E-state index contributed by atoms with van der Waals surface area (Å²) < 4.78 is 0. The fraction of sp³-hybridized carbons (Fsp3) is 1.00. The van der Waals surface area contributed by atoms with Gasteiger partial charge in [-0.25, -0.2) is 0 Å². The molecule has 0 bridgehead atoms. The van der Waals surface area contributed by atoms with E-state index in [0.717, 1.165) is 6.42 Å². The summed E-state index contributed by atoms with van der Waals surface area (Å²) in [7, 11) is 0. The molecule has 0 heterocycles. The van der Waals surface area contributed by atoms with E-state index in [9.17, 15) is 0 Å². The Morgan fingerprint density at radius 3 is 2.58 bits per heavy atom. The van der Waals surface area contributed by atoms with Crippen LogP contribution >= 0.6 is 0 Å². The van der Waals surface area contributed by atoms with Gasteiger partial charge in [-0.3, -0.25) is 5.32 Å². The van der Waals surface area contributed by atoms with Gasteiger partial charge in [0.15, 0.2) is 0 Å². The smallest absolute Gasteiger partial charge is 0.0548 e. The molecule has 0 aromatic carbocycles. The number of rotatable bonds is 4. The van der Waals surface area contributed by atoms with Crippen molar-refractivity contribution in [3.63, 3.8) is 0 Å². The minimum absolute atomic E-state index is 0.234. The molecule has 72 valence electrons. The summed E-state index contributed by atoms with van der Waals surface area (Å²) >= 11 is 0. The van der Waals surface area contributed by atoms with Crippen LogP contribution in [0.2, 0.25) is 0 Å². The zero-order valence-electron chi connectivity index (χ0n) is 8.18. The topological polar surface area (TPSA) is 38.0 Å². The molecular formula is C10H22N2. The van der Waals surface area contributed by atoms with E-state index in [1.54, 1.807) is 0 Å². The minimum atomic E-state index is 0.234. The van der Waals surface area contributed by atoms with E-state index in [1.165, 1.54) is 38.5 Å². The number of hydrogen-bond acceptors (Lipinski definition) is 2. The predicted molar refractivity (Wildman–Crippen MR) is 52.9 cm³/mol. The maximum absolute atomic E-state index is 5.90. The summed E-state index contributed by atoms with van der Waals surface area (Å²) in [6.45, 7) is 2.18. The van der Waals surface area contributed by atoms with Crippen LogP contribution in [0.1, 0.15) is 51.9 Å². The van der Waals surface area contributed by atoms with Gasteiger partial charge < -0.3 is 5.73 Å². The van der Waals surface area contributed by atoms with Crippen molar-refractivity contribution in [3.05, 3.63) is 0 Å².